The Morgan fingerprint density at radius 3 is 2.69 bits per heavy atom. The molecule has 2 N–H and O–H groups in total. The van der Waals surface area contributed by atoms with Crippen molar-refractivity contribution in [3.63, 3.8) is 0 Å². The maximum absolute atomic E-state index is 6.13. The summed E-state index contributed by atoms with van der Waals surface area (Å²) >= 11 is 3.33. The summed E-state index contributed by atoms with van der Waals surface area (Å²) in [5.74, 6) is 1.18. The van der Waals surface area contributed by atoms with Crippen LogP contribution in [0.25, 0.3) is 0 Å². The van der Waals surface area contributed by atoms with Crippen molar-refractivity contribution in [1.29, 1.82) is 0 Å². The molecule has 0 saturated heterocycles. The molecule has 0 aliphatic heterocycles. The van der Waals surface area contributed by atoms with Crippen molar-refractivity contribution in [3.05, 3.63) is 22.8 Å². The third-order valence-electron chi connectivity index (χ3n) is 2.12. The van der Waals surface area contributed by atoms with Crippen LogP contribution in [0.4, 0.5) is 0 Å². The molecule has 1 rings (SSSR count). The maximum Gasteiger partial charge on any atom is 0.213 e. The number of hydrogen-bond acceptors (Lipinski definition) is 3. The molecule has 0 spiro atoms. The Kier molecular flexibility index (Phi) is 4.74. The summed E-state index contributed by atoms with van der Waals surface area (Å²) in [4.78, 5) is 4.14. The summed E-state index contributed by atoms with van der Waals surface area (Å²) in [7, 11) is 0. The monoisotopic (exact) mass is 286 g/mol. The van der Waals surface area contributed by atoms with Crippen LogP contribution in [0.1, 0.15) is 27.2 Å². The Morgan fingerprint density at radius 1 is 1.50 bits per heavy atom. The van der Waals surface area contributed by atoms with Gasteiger partial charge in [-0.3, -0.25) is 0 Å². The summed E-state index contributed by atoms with van der Waals surface area (Å²) in [5, 5.41) is 0. The summed E-state index contributed by atoms with van der Waals surface area (Å²) < 4.78 is 6.51. The molecule has 0 fully saturated rings. The third kappa shape index (κ3) is 4.94. The lowest BCUT2D eigenvalue weighted by atomic mass is 9.93. The Balaban J connectivity index is 2.47. The number of nitrogens with two attached hydrogens (primary N) is 1. The van der Waals surface area contributed by atoms with Gasteiger partial charge in [0.05, 0.1) is 0 Å². The Morgan fingerprint density at radius 2 is 2.19 bits per heavy atom. The highest BCUT2D eigenvalue weighted by molar-refractivity contribution is 9.10. The minimum atomic E-state index is -0.303. The van der Waals surface area contributed by atoms with Gasteiger partial charge in [0.25, 0.3) is 0 Å². The van der Waals surface area contributed by atoms with Gasteiger partial charge in [-0.05, 0) is 41.3 Å². The van der Waals surface area contributed by atoms with Crippen molar-refractivity contribution in [2.45, 2.75) is 32.7 Å². The molecule has 1 heterocycles. The number of ether oxygens (including phenoxy) is 1. The van der Waals surface area contributed by atoms with Gasteiger partial charge in [0, 0.05) is 22.3 Å². The predicted octanol–water partition coefficient (Wildman–Crippen LogP) is 2.99. The molecule has 1 aromatic heterocycles. The van der Waals surface area contributed by atoms with Crippen molar-refractivity contribution in [1.82, 2.24) is 4.98 Å². The van der Waals surface area contributed by atoms with Gasteiger partial charge in [-0.2, -0.15) is 0 Å². The number of rotatable bonds is 5. The van der Waals surface area contributed by atoms with E-state index < -0.39 is 0 Å². The van der Waals surface area contributed by atoms with Crippen molar-refractivity contribution in [2.24, 2.45) is 11.7 Å². The molecule has 0 radical (unpaired) electrons. The van der Waals surface area contributed by atoms with Gasteiger partial charge in [0.2, 0.25) is 5.88 Å². The third-order valence-corrected chi connectivity index (χ3v) is 2.59. The first-order valence-electron chi connectivity index (χ1n) is 5.42. The van der Waals surface area contributed by atoms with Crippen LogP contribution in [0.5, 0.6) is 5.88 Å². The first-order valence-corrected chi connectivity index (χ1v) is 6.21. The second kappa shape index (κ2) is 5.64. The molecule has 90 valence electrons. The lowest BCUT2D eigenvalue weighted by Gasteiger charge is -2.26. The molecule has 0 saturated carbocycles. The zero-order valence-electron chi connectivity index (χ0n) is 10.0. The minimum Gasteiger partial charge on any atom is -0.476 e. The van der Waals surface area contributed by atoms with E-state index in [2.05, 4.69) is 34.8 Å². The fourth-order valence-corrected chi connectivity index (χ4v) is 1.91. The van der Waals surface area contributed by atoms with Gasteiger partial charge < -0.3 is 10.5 Å². The fraction of sp³-hybridized carbons (Fsp3) is 0.583. The molecule has 0 aliphatic rings. The first-order chi connectivity index (χ1) is 7.39. The zero-order valence-corrected chi connectivity index (χ0v) is 11.6. The lowest BCUT2D eigenvalue weighted by Crippen LogP contribution is -2.43. The highest BCUT2D eigenvalue weighted by atomic mass is 79.9. The highest BCUT2D eigenvalue weighted by Gasteiger charge is 2.21. The van der Waals surface area contributed by atoms with E-state index in [1.165, 1.54) is 0 Å². The van der Waals surface area contributed by atoms with Crippen LogP contribution in [0, 0.1) is 5.92 Å². The molecule has 0 bridgehead atoms. The van der Waals surface area contributed by atoms with Crippen molar-refractivity contribution in [2.75, 3.05) is 6.61 Å². The van der Waals surface area contributed by atoms with Crippen molar-refractivity contribution >= 4 is 15.9 Å². The summed E-state index contributed by atoms with van der Waals surface area (Å²) in [5.41, 5.74) is 5.83. The largest absolute Gasteiger partial charge is 0.476 e. The smallest absolute Gasteiger partial charge is 0.213 e. The number of halogens is 1. The molecule has 0 aliphatic carbocycles. The Labute approximate surface area is 106 Å². The van der Waals surface area contributed by atoms with Gasteiger partial charge in [0.1, 0.15) is 6.61 Å². The zero-order chi connectivity index (χ0) is 12.2. The summed E-state index contributed by atoms with van der Waals surface area (Å²) in [6.45, 7) is 6.80. The Hall–Kier alpha value is -0.610. The second-order valence-electron chi connectivity index (χ2n) is 4.86. The van der Waals surface area contributed by atoms with Gasteiger partial charge in [0.15, 0.2) is 0 Å². The molecule has 0 amide bonds. The van der Waals surface area contributed by atoms with E-state index >= 15 is 0 Å². The average Bonchev–Trinajstić information content (AvgIpc) is 2.15. The molecule has 16 heavy (non-hydrogen) atoms. The number of hydrogen-bond donors (Lipinski definition) is 1. The van der Waals surface area contributed by atoms with E-state index in [9.17, 15) is 0 Å². The molecule has 0 aromatic carbocycles. The van der Waals surface area contributed by atoms with Gasteiger partial charge in [-0.25, -0.2) is 4.98 Å². The minimum absolute atomic E-state index is 0.303. The number of nitrogens with zero attached hydrogens (tertiary/aromatic N) is 1. The number of pyridine rings is 1. The maximum atomic E-state index is 6.13. The van der Waals surface area contributed by atoms with E-state index in [-0.39, 0.29) is 5.54 Å². The normalized spacial score (nSPS) is 14.9. The Bertz CT molecular complexity index is 322. The molecule has 1 aromatic rings. The van der Waals surface area contributed by atoms with Crippen LogP contribution in [0.3, 0.4) is 0 Å². The van der Waals surface area contributed by atoms with Crippen LogP contribution in [0.15, 0.2) is 22.8 Å². The van der Waals surface area contributed by atoms with Crippen LogP contribution in [-0.4, -0.2) is 17.1 Å². The molecule has 0 unspecified atom stereocenters. The van der Waals surface area contributed by atoms with Gasteiger partial charge in [-0.15, -0.1) is 0 Å². The highest BCUT2D eigenvalue weighted by Crippen LogP contribution is 2.17. The van der Waals surface area contributed by atoms with E-state index in [4.69, 9.17) is 10.5 Å². The van der Waals surface area contributed by atoms with Crippen LogP contribution in [0.2, 0.25) is 0 Å². The van der Waals surface area contributed by atoms with Crippen molar-refractivity contribution in [3.8, 4) is 5.88 Å². The summed E-state index contributed by atoms with van der Waals surface area (Å²) in [6, 6.07) is 3.73. The number of aromatic nitrogens is 1. The van der Waals surface area contributed by atoms with E-state index in [0.29, 0.717) is 18.4 Å². The molecular formula is C12H19BrN2O. The van der Waals surface area contributed by atoms with Crippen LogP contribution >= 0.6 is 15.9 Å². The SMILES string of the molecule is CC(C)C[C@](C)(N)COc1ccc(Br)cn1. The first kappa shape index (κ1) is 13.5. The quantitative estimate of drug-likeness (QED) is 0.905. The second-order valence-corrected chi connectivity index (χ2v) is 5.77. The lowest BCUT2D eigenvalue weighted by molar-refractivity contribution is 0.200. The molecule has 4 heteroatoms. The van der Waals surface area contributed by atoms with Gasteiger partial charge in [-0.1, -0.05) is 13.8 Å². The van der Waals surface area contributed by atoms with Gasteiger partial charge >= 0.3 is 0 Å². The van der Waals surface area contributed by atoms with Crippen molar-refractivity contribution < 1.29 is 4.74 Å². The van der Waals surface area contributed by atoms with E-state index in [1.54, 1.807) is 6.20 Å². The fourth-order valence-electron chi connectivity index (χ4n) is 1.68. The topological polar surface area (TPSA) is 48.1 Å². The average molecular weight is 287 g/mol. The van der Waals surface area contributed by atoms with Crippen LogP contribution in [-0.2, 0) is 0 Å². The summed E-state index contributed by atoms with van der Waals surface area (Å²) in [6.07, 6.45) is 2.65. The van der Waals surface area contributed by atoms with Crippen LogP contribution < -0.4 is 10.5 Å². The molecule has 1 atom stereocenters. The predicted molar refractivity (Wildman–Crippen MR) is 69.5 cm³/mol. The van der Waals surface area contributed by atoms with E-state index in [1.807, 2.05) is 19.1 Å². The molecule has 3 nitrogen and oxygen atoms in total. The molecular weight excluding hydrogens is 268 g/mol. The standard InChI is InChI=1S/C12H19BrN2O/c1-9(2)6-12(3,14)8-16-11-5-4-10(13)7-15-11/h4-5,7,9H,6,8,14H2,1-3H3/t12-/m0/s1. The van der Waals surface area contributed by atoms with E-state index in [0.717, 1.165) is 10.9 Å².